The summed E-state index contributed by atoms with van der Waals surface area (Å²) < 4.78 is 15.2. The van der Waals surface area contributed by atoms with Crippen LogP contribution in [0.4, 0.5) is 4.79 Å². The third-order valence-electron chi connectivity index (χ3n) is 7.54. The van der Waals surface area contributed by atoms with Crippen LogP contribution < -0.4 is 10.2 Å². The van der Waals surface area contributed by atoms with Gasteiger partial charge in [-0.25, -0.2) is 10.2 Å². The molecule has 12 heteroatoms. The van der Waals surface area contributed by atoms with Crippen molar-refractivity contribution in [1.82, 2.24) is 10.3 Å². The van der Waals surface area contributed by atoms with Crippen LogP contribution in [0.2, 0.25) is 0 Å². The molecular formula is C26H33N3O9. The van der Waals surface area contributed by atoms with Gasteiger partial charge in [0.05, 0.1) is 44.2 Å². The Kier molecular flexibility index (Phi) is 8.62. The number of nitrogens with zero attached hydrogens (tertiary/aromatic N) is 2. The van der Waals surface area contributed by atoms with Crippen molar-refractivity contribution in [2.75, 3.05) is 20.3 Å². The molecule has 206 valence electrons. The highest BCUT2D eigenvalue weighted by atomic mass is 16.6. The predicted octanol–water partition coefficient (Wildman–Crippen LogP) is 0.984. The Bertz CT molecular complexity index is 1090. The van der Waals surface area contributed by atoms with E-state index in [4.69, 9.17) is 14.2 Å². The number of hydrogen-bond acceptors (Lipinski definition) is 10. The Labute approximate surface area is 219 Å². The van der Waals surface area contributed by atoms with E-state index in [1.807, 2.05) is 0 Å². The molecule has 4 rings (SSSR count). The number of benzene rings is 1. The number of carbonyl (C=O) groups is 4. The summed E-state index contributed by atoms with van der Waals surface area (Å²) in [6.45, 7) is 1.78. The van der Waals surface area contributed by atoms with Crippen LogP contribution in [0.15, 0.2) is 29.4 Å². The molecule has 2 aliphatic carbocycles. The molecule has 0 aromatic heterocycles. The van der Waals surface area contributed by atoms with Gasteiger partial charge in [-0.05, 0) is 37.5 Å². The molecule has 1 heterocycles. The van der Waals surface area contributed by atoms with Gasteiger partial charge in [0, 0.05) is 30.5 Å². The number of hydrazone groups is 1. The first-order valence-electron chi connectivity index (χ1n) is 12.7. The normalized spacial score (nSPS) is 29.5. The second-order valence-electron chi connectivity index (χ2n) is 9.68. The molecule has 3 amide bonds. The number of likely N-dealkylation sites (tertiary alicyclic amines) is 1. The number of imide groups is 1. The van der Waals surface area contributed by atoms with Crippen molar-refractivity contribution in [3.63, 3.8) is 0 Å². The fraction of sp³-hybridized carbons (Fsp3) is 0.577. The van der Waals surface area contributed by atoms with Crippen molar-refractivity contribution < 1.29 is 43.6 Å². The minimum Gasteiger partial charge on any atom is -0.497 e. The molecule has 6 atom stereocenters. The minimum atomic E-state index is -1.24. The summed E-state index contributed by atoms with van der Waals surface area (Å²) in [5.74, 6) is -3.34. The first kappa shape index (κ1) is 27.5. The van der Waals surface area contributed by atoms with E-state index in [0.717, 1.165) is 10.5 Å². The lowest BCUT2D eigenvalue weighted by Crippen LogP contribution is -2.55. The lowest BCUT2D eigenvalue weighted by molar-refractivity contribution is -0.145. The van der Waals surface area contributed by atoms with Gasteiger partial charge in [-0.2, -0.15) is 5.10 Å². The number of aliphatic hydroxyl groups is 2. The largest absolute Gasteiger partial charge is 0.497 e. The smallest absolute Gasteiger partial charge is 0.428 e. The fourth-order valence-electron chi connectivity index (χ4n) is 5.74. The van der Waals surface area contributed by atoms with E-state index < -0.39 is 53.8 Å². The van der Waals surface area contributed by atoms with Crippen LogP contribution in [0.1, 0.15) is 38.2 Å². The third-order valence-corrected chi connectivity index (χ3v) is 7.54. The number of hydrogen-bond donors (Lipinski definition) is 3. The Morgan fingerprint density at radius 3 is 2.47 bits per heavy atom. The number of amides is 3. The summed E-state index contributed by atoms with van der Waals surface area (Å²) in [6.07, 6.45) is -2.53. The van der Waals surface area contributed by atoms with Gasteiger partial charge in [-0.15, -0.1) is 0 Å². The summed E-state index contributed by atoms with van der Waals surface area (Å²) in [5.41, 5.74) is 3.52. The van der Waals surface area contributed by atoms with Gasteiger partial charge in [0.15, 0.2) is 0 Å². The van der Waals surface area contributed by atoms with E-state index in [2.05, 4.69) is 10.5 Å². The van der Waals surface area contributed by atoms with Gasteiger partial charge in [0.2, 0.25) is 11.8 Å². The number of methoxy groups -OCH3 is 1. The molecule has 0 bridgehead atoms. The number of nitrogens with one attached hydrogen (secondary N) is 1. The first-order valence-corrected chi connectivity index (χ1v) is 12.7. The van der Waals surface area contributed by atoms with Gasteiger partial charge in [-0.1, -0.05) is 12.1 Å². The van der Waals surface area contributed by atoms with Crippen molar-refractivity contribution in [3.05, 3.63) is 29.8 Å². The highest BCUT2D eigenvalue weighted by molar-refractivity contribution is 6.06. The number of esters is 1. The van der Waals surface area contributed by atoms with Crippen molar-refractivity contribution in [2.45, 2.75) is 51.4 Å². The van der Waals surface area contributed by atoms with Crippen molar-refractivity contribution in [1.29, 1.82) is 0 Å². The Hall–Kier alpha value is -3.51. The summed E-state index contributed by atoms with van der Waals surface area (Å²) >= 11 is 0. The SMILES string of the molecule is CCOC(=O)CCN1C(=O)[C@H]2[C@H]3[C@H](O)[C@H](O)C/C(=N/NC(=O)OCc4ccc(OC)cc4)[C@@H]3CC[C@@H]2C1=O. The number of fused-ring (bicyclic) bond motifs is 3. The zero-order valence-corrected chi connectivity index (χ0v) is 21.4. The molecule has 0 radical (unpaired) electrons. The average Bonchev–Trinajstić information content (AvgIpc) is 3.16. The molecule has 0 spiro atoms. The van der Waals surface area contributed by atoms with Crippen molar-refractivity contribution in [2.24, 2.45) is 28.8 Å². The summed E-state index contributed by atoms with van der Waals surface area (Å²) in [5, 5.41) is 25.6. The second-order valence-corrected chi connectivity index (χ2v) is 9.68. The van der Waals surface area contributed by atoms with Crippen LogP contribution in [-0.4, -0.2) is 77.2 Å². The molecule has 3 N–H and O–H groups in total. The topological polar surface area (TPSA) is 164 Å². The van der Waals surface area contributed by atoms with Gasteiger partial charge < -0.3 is 24.4 Å². The Balaban J connectivity index is 1.42. The van der Waals surface area contributed by atoms with E-state index in [1.165, 1.54) is 0 Å². The molecule has 3 fully saturated rings. The molecule has 12 nitrogen and oxygen atoms in total. The second kappa shape index (κ2) is 11.9. The van der Waals surface area contributed by atoms with Crippen LogP contribution >= 0.6 is 0 Å². The maximum Gasteiger partial charge on any atom is 0.428 e. The number of rotatable bonds is 8. The molecule has 3 aliphatic rings. The lowest BCUT2D eigenvalue weighted by Gasteiger charge is -2.45. The van der Waals surface area contributed by atoms with Crippen LogP contribution in [0.3, 0.4) is 0 Å². The van der Waals surface area contributed by atoms with Gasteiger partial charge >= 0.3 is 12.1 Å². The quantitative estimate of drug-likeness (QED) is 0.252. The molecule has 38 heavy (non-hydrogen) atoms. The molecule has 1 aromatic carbocycles. The molecule has 0 unspecified atom stereocenters. The Morgan fingerprint density at radius 1 is 1.08 bits per heavy atom. The fourth-order valence-corrected chi connectivity index (χ4v) is 5.74. The molecule has 1 aliphatic heterocycles. The summed E-state index contributed by atoms with van der Waals surface area (Å²) in [4.78, 5) is 51.4. The summed E-state index contributed by atoms with van der Waals surface area (Å²) in [7, 11) is 1.55. The van der Waals surface area contributed by atoms with E-state index >= 15 is 0 Å². The van der Waals surface area contributed by atoms with Crippen LogP contribution in [-0.2, 0) is 30.5 Å². The number of carbonyl (C=O) groups excluding carboxylic acids is 4. The summed E-state index contributed by atoms with van der Waals surface area (Å²) in [6, 6.07) is 7.01. The maximum atomic E-state index is 13.3. The van der Waals surface area contributed by atoms with E-state index in [1.54, 1.807) is 38.3 Å². The van der Waals surface area contributed by atoms with Crippen LogP contribution in [0.25, 0.3) is 0 Å². The maximum absolute atomic E-state index is 13.3. The first-order chi connectivity index (χ1) is 18.2. The van der Waals surface area contributed by atoms with Gasteiger partial charge in [0.25, 0.3) is 0 Å². The molecule has 1 aromatic rings. The lowest BCUT2D eigenvalue weighted by atomic mass is 9.60. The highest BCUT2D eigenvalue weighted by Gasteiger charge is 2.59. The van der Waals surface area contributed by atoms with Crippen molar-refractivity contribution >= 4 is 29.6 Å². The zero-order chi connectivity index (χ0) is 27.4. The monoisotopic (exact) mass is 531 g/mol. The van der Waals surface area contributed by atoms with E-state index in [0.29, 0.717) is 24.3 Å². The van der Waals surface area contributed by atoms with Crippen LogP contribution in [0, 0.1) is 23.7 Å². The average molecular weight is 532 g/mol. The molecule has 2 saturated carbocycles. The predicted molar refractivity (Wildman–Crippen MR) is 132 cm³/mol. The standard InChI is InChI=1S/C26H33N3O9/c1-3-37-20(31)10-11-29-24(33)17-9-8-16-18(12-19(30)23(32)21(16)22(17)25(29)34)27-28-26(35)38-13-14-4-6-15(36-2)7-5-14/h4-7,16-17,19,21-23,30,32H,3,8-13H2,1-2H3,(H,28,35)/b27-18-/t16-,17-,19+,21-,22+,23+/m0/s1. The van der Waals surface area contributed by atoms with Gasteiger partial charge in [-0.3, -0.25) is 19.3 Å². The highest BCUT2D eigenvalue weighted by Crippen LogP contribution is 2.49. The van der Waals surface area contributed by atoms with E-state index in [9.17, 15) is 29.4 Å². The zero-order valence-electron chi connectivity index (χ0n) is 21.4. The third kappa shape index (κ3) is 5.65. The Morgan fingerprint density at radius 2 is 1.79 bits per heavy atom. The van der Waals surface area contributed by atoms with Crippen LogP contribution in [0.5, 0.6) is 5.75 Å². The molecule has 1 saturated heterocycles. The van der Waals surface area contributed by atoms with Crippen molar-refractivity contribution in [3.8, 4) is 5.75 Å². The van der Waals surface area contributed by atoms with Gasteiger partial charge in [0.1, 0.15) is 12.4 Å². The molecular weight excluding hydrogens is 498 g/mol. The minimum absolute atomic E-state index is 0.00713. The number of ether oxygens (including phenoxy) is 3. The van der Waals surface area contributed by atoms with E-state index in [-0.39, 0.29) is 38.5 Å². The number of aliphatic hydroxyl groups excluding tert-OH is 2.